The molecule has 0 aromatic heterocycles. The molecule has 2 N–H and O–H groups in total. The minimum absolute atomic E-state index is 0.639. The van der Waals surface area contributed by atoms with Gasteiger partial charge in [0.1, 0.15) is 5.75 Å². The average molecular weight is 318 g/mol. The first-order valence-electron chi connectivity index (χ1n) is 8.58. The lowest BCUT2D eigenvalue weighted by Gasteiger charge is -2.24. The summed E-state index contributed by atoms with van der Waals surface area (Å²) in [6.45, 7) is 6.44. The van der Waals surface area contributed by atoms with Gasteiger partial charge in [0.15, 0.2) is 5.96 Å². The molecule has 1 fully saturated rings. The number of hydrogen-bond acceptors (Lipinski definition) is 3. The summed E-state index contributed by atoms with van der Waals surface area (Å²) < 4.78 is 5.18. The third kappa shape index (κ3) is 5.43. The highest BCUT2D eigenvalue weighted by Gasteiger charge is 2.22. The van der Waals surface area contributed by atoms with E-state index in [4.69, 9.17) is 4.74 Å². The van der Waals surface area contributed by atoms with Crippen LogP contribution >= 0.6 is 0 Å². The molecule has 1 unspecified atom stereocenters. The lowest BCUT2D eigenvalue weighted by molar-refractivity contribution is 0.267. The van der Waals surface area contributed by atoms with Gasteiger partial charge in [-0.15, -0.1) is 0 Å². The maximum Gasteiger partial charge on any atom is 0.191 e. The lowest BCUT2D eigenvalue weighted by Crippen LogP contribution is -2.45. The summed E-state index contributed by atoms with van der Waals surface area (Å²) in [6, 6.07) is 8.85. The van der Waals surface area contributed by atoms with Gasteiger partial charge in [0, 0.05) is 26.2 Å². The standard InChI is InChI=1S/C18H30N4O/c1-4-22-13-5-6-16(22)14-21-18(19-2)20-12-11-15-7-9-17(23-3)10-8-15/h7-10,16H,4-6,11-14H2,1-3H3,(H2,19,20,21). The minimum Gasteiger partial charge on any atom is -0.497 e. The number of methoxy groups -OCH3 is 1. The Morgan fingerprint density at radius 1 is 1.30 bits per heavy atom. The second kappa shape index (κ2) is 9.40. The maximum atomic E-state index is 5.18. The van der Waals surface area contributed by atoms with Gasteiger partial charge in [-0.05, 0) is 50.0 Å². The number of guanidine groups is 1. The second-order valence-corrected chi connectivity index (χ2v) is 5.90. The molecule has 1 aliphatic rings. The molecule has 0 spiro atoms. The van der Waals surface area contributed by atoms with E-state index in [-0.39, 0.29) is 0 Å². The van der Waals surface area contributed by atoms with Gasteiger partial charge in [-0.25, -0.2) is 0 Å². The van der Waals surface area contributed by atoms with E-state index in [1.807, 2.05) is 19.2 Å². The Morgan fingerprint density at radius 3 is 2.74 bits per heavy atom. The first kappa shape index (κ1) is 17.6. The van der Waals surface area contributed by atoms with Crippen LogP contribution in [0.25, 0.3) is 0 Å². The third-order valence-corrected chi connectivity index (χ3v) is 4.50. The summed E-state index contributed by atoms with van der Waals surface area (Å²) in [6.07, 6.45) is 3.56. The van der Waals surface area contributed by atoms with Crippen LogP contribution in [0.3, 0.4) is 0 Å². The fourth-order valence-electron chi connectivity index (χ4n) is 3.10. The average Bonchev–Trinajstić information content (AvgIpc) is 3.06. The summed E-state index contributed by atoms with van der Waals surface area (Å²) in [4.78, 5) is 6.85. The quantitative estimate of drug-likeness (QED) is 0.595. The Kier molecular flexibility index (Phi) is 7.20. The lowest BCUT2D eigenvalue weighted by atomic mass is 10.1. The van der Waals surface area contributed by atoms with Crippen molar-refractivity contribution in [2.75, 3.05) is 40.3 Å². The van der Waals surface area contributed by atoms with Gasteiger partial charge in [-0.2, -0.15) is 0 Å². The smallest absolute Gasteiger partial charge is 0.191 e. The molecule has 23 heavy (non-hydrogen) atoms. The van der Waals surface area contributed by atoms with Crippen molar-refractivity contribution in [1.29, 1.82) is 0 Å². The third-order valence-electron chi connectivity index (χ3n) is 4.50. The van der Waals surface area contributed by atoms with Crippen molar-refractivity contribution in [2.45, 2.75) is 32.2 Å². The fraction of sp³-hybridized carbons (Fsp3) is 0.611. The van der Waals surface area contributed by atoms with Gasteiger partial charge in [0.25, 0.3) is 0 Å². The molecule has 0 saturated carbocycles. The number of ether oxygens (including phenoxy) is 1. The fourth-order valence-corrected chi connectivity index (χ4v) is 3.10. The predicted molar refractivity (Wildman–Crippen MR) is 96.3 cm³/mol. The zero-order valence-corrected chi connectivity index (χ0v) is 14.6. The van der Waals surface area contributed by atoms with E-state index < -0.39 is 0 Å². The van der Waals surface area contributed by atoms with Crippen molar-refractivity contribution in [3.05, 3.63) is 29.8 Å². The normalized spacial score (nSPS) is 18.9. The molecule has 0 amide bonds. The van der Waals surface area contributed by atoms with E-state index in [2.05, 4.69) is 39.6 Å². The summed E-state index contributed by atoms with van der Waals surface area (Å²) in [5, 5.41) is 6.85. The number of nitrogens with zero attached hydrogens (tertiary/aromatic N) is 2. The summed E-state index contributed by atoms with van der Waals surface area (Å²) in [5.74, 6) is 1.79. The Balaban J connectivity index is 1.70. The first-order valence-corrected chi connectivity index (χ1v) is 8.58. The molecule has 5 nitrogen and oxygen atoms in total. The number of benzene rings is 1. The number of likely N-dealkylation sites (N-methyl/N-ethyl adjacent to an activating group) is 1. The molecule has 0 bridgehead atoms. The van der Waals surface area contributed by atoms with Crippen LogP contribution in [-0.4, -0.2) is 57.2 Å². The molecule has 1 aromatic rings. The highest BCUT2D eigenvalue weighted by Crippen LogP contribution is 2.15. The van der Waals surface area contributed by atoms with Gasteiger partial charge >= 0.3 is 0 Å². The van der Waals surface area contributed by atoms with Gasteiger partial charge in [-0.1, -0.05) is 19.1 Å². The van der Waals surface area contributed by atoms with Crippen molar-refractivity contribution in [3.8, 4) is 5.75 Å². The highest BCUT2D eigenvalue weighted by atomic mass is 16.5. The van der Waals surface area contributed by atoms with E-state index in [9.17, 15) is 0 Å². The van der Waals surface area contributed by atoms with Crippen molar-refractivity contribution < 1.29 is 4.74 Å². The van der Waals surface area contributed by atoms with Gasteiger partial charge in [0.2, 0.25) is 0 Å². The zero-order valence-electron chi connectivity index (χ0n) is 14.6. The number of aliphatic imine (C=N–C) groups is 1. The van der Waals surface area contributed by atoms with Crippen molar-refractivity contribution in [2.24, 2.45) is 4.99 Å². The minimum atomic E-state index is 0.639. The van der Waals surface area contributed by atoms with Crippen molar-refractivity contribution in [3.63, 3.8) is 0 Å². The highest BCUT2D eigenvalue weighted by molar-refractivity contribution is 5.79. The largest absolute Gasteiger partial charge is 0.497 e. The Labute approximate surface area is 140 Å². The van der Waals surface area contributed by atoms with E-state index in [0.717, 1.165) is 37.8 Å². The molecule has 1 heterocycles. The molecule has 1 atom stereocenters. The van der Waals surface area contributed by atoms with E-state index in [1.54, 1.807) is 7.11 Å². The number of hydrogen-bond donors (Lipinski definition) is 2. The number of rotatable bonds is 7. The molecule has 1 saturated heterocycles. The maximum absolute atomic E-state index is 5.18. The van der Waals surface area contributed by atoms with Crippen LogP contribution in [0.2, 0.25) is 0 Å². The van der Waals surface area contributed by atoms with E-state index in [1.165, 1.54) is 24.9 Å². The van der Waals surface area contributed by atoms with Crippen LogP contribution in [0, 0.1) is 0 Å². The SMILES string of the molecule is CCN1CCCC1CNC(=NC)NCCc1ccc(OC)cc1. The summed E-state index contributed by atoms with van der Waals surface area (Å²) >= 11 is 0. The summed E-state index contributed by atoms with van der Waals surface area (Å²) in [7, 11) is 3.52. The van der Waals surface area contributed by atoms with Crippen LogP contribution < -0.4 is 15.4 Å². The van der Waals surface area contributed by atoms with Gasteiger partial charge < -0.3 is 15.4 Å². The number of likely N-dealkylation sites (tertiary alicyclic amines) is 1. The second-order valence-electron chi connectivity index (χ2n) is 5.90. The molecule has 1 aromatic carbocycles. The molecular weight excluding hydrogens is 288 g/mol. The van der Waals surface area contributed by atoms with Crippen LogP contribution in [0.4, 0.5) is 0 Å². The Bertz CT molecular complexity index is 486. The summed E-state index contributed by atoms with van der Waals surface area (Å²) in [5.41, 5.74) is 1.29. The van der Waals surface area contributed by atoms with E-state index >= 15 is 0 Å². The van der Waals surface area contributed by atoms with Crippen LogP contribution in [0.1, 0.15) is 25.3 Å². The monoisotopic (exact) mass is 318 g/mol. The Hall–Kier alpha value is -1.75. The molecule has 5 heteroatoms. The molecule has 128 valence electrons. The van der Waals surface area contributed by atoms with Crippen molar-refractivity contribution in [1.82, 2.24) is 15.5 Å². The molecular formula is C18H30N4O. The Morgan fingerprint density at radius 2 is 2.09 bits per heavy atom. The number of nitrogens with one attached hydrogen (secondary N) is 2. The predicted octanol–water partition coefficient (Wildman–Crippen LogP) is 1.89. The molecule has 0 aliphatic carbocycles. The van der Waals surface area contributed by atoms with Crippen LogP contribution in [0.15, 0.2) is 29.3 Å². The zero-order chi connectivity index (χ0) is 16.5. The molecule has 1 aliphatic heterocycles. The van der Waals surface area contributed by atoms with Crippen LogP contribution in [-0.2, 0) is 6.42 Å². The van der Waals surface area contributed by atoms with E-state index in [0.29, 0.717) is 6.04 Å². The topological polar surface area (TPSA) is 48.9 Å². The first-order chi connectivity index (χ1) is 11.3. The molecule has 0 radical (unpaired) electrons. The van der Waals surface area contributed by atoms with Crippen LogP contribution in [0.5, 0.6) is 5.75 Å². The van der Waals surface area contributed by atoms with Gasteiger partial charge in [0.05, 0.1) is 7.11 Å². The molecule has 2 rings (SSSR count). The van der Waals surface area contributed by atoms with Crippen molar-refractivity contribution >= 4 is 5.96 Å². The van der Waals surface area contributed by atoms with Gasteiger partial charge in [-0.3, -0.25) is 9.89 Å².